The van der Waals surface area contributed by atoms with E-state index in [-0.39, 0.29) is 5.97 Å². The highest BCUT2D eigenvalue weighted by Gasteiger charge is 2.16. The van der Waals surface area contributed by atoms with Crippen LogP contribution < -0.4 is 9.64 Å². The van der Waals surface area contributed by atoms with Gasteiger partial charge in [0, 0.05) is 16.8 Å². The van der Waals surface area contributed by atoms with Gasteiger partial charge in [-0.25, -0.2) is 4.79 Å². The Morgan fingerprint density at radius 1 is 0.612 bits per heavy atom. The molecule has 3 heteroatoms. The largest absolute Gasteiger partial charge is 0.423 e. The number of carbonyl (C=O) groups excluding carboxylic acids is 1. The number of nitrogens with zero attached hydrogens (tertiary/aromatic N) is 1. The first-order valence-corrected chi connectivity index (χ1v) is 17.0. The third kappa shape index (κ3) is 6.75. The number of carbonyl (C=O) groups is 1. The minimum absolute atomic E-state index is 0.376. The zero-order valence-electron chi connectivity index (χ0n) is 28.1. The molecule has 7 aromatic carbocycles. The van der Waals surface area contributed by atoms with E-state index in [0.29, 0.717) is 17.2 Å². The summed E-state index contributed by atoms with van der Waals surface area (Å²) in [6, 6.07) is 56.1. The van der Waals surface area contributed by atoms with E-state index in [1.165, 1.54) is 27.5 Å². The fourth-order valence-electron chi connectivity index (χ4n) is 6.41. The molecule has 0 unspecified atom stereocenters. The van der Waals surface area contributed by atoms with Crippen LogP contribution in [-0.4, -0.2) is 5.97 Å². The number of hydrogen-bond donors (Lipinski definition) is 0. The number of hydrogen-bond acceptors (Lipinski definition) is 3. The normalized spacial score (nSPS) is 11.1. The maximum Gasteiger partial charge on any atom is 0.343 e. The Bertz CT molecular complexity index is 2200. The van der Waals surface area contributed by atoms with E-state index in [9.17, 15) is 4.79 Å². The van der Waals surface area contributed by atoms with Crippen molar-refractivity contribution in [2.45, 2.75) is 33.1 Å². The number of ether oxygens (including phenoxy) is 1. The molecule has 0 atom stereocenters. The first kappa shape index (κ1) is 31.7. The summed E-state index contributed by atoms with van der Waals surface area (Å²) in [6.45, 7) is 6.60. The Labute approximate surface area is 289 Å². The highest BCUT2D eigenvalue weighted by molar-refractivity contribution is 5.99. The van der Waals surface area contributed by atoms with Crippen LogP contribution in [0.25, 0.3) is 33.0 Å². The molecule has 0 aliphatic rings. The zero-order chi connectivity index (χ0) is 33.7. The molecule has 0 bridgehead atoms. The Balaban J connectivity index is 1.08. The summed E-state index contributed by atoms with van der Waals surface area (Å²) in [7, 11) is 0. The average Bonchev–Trinajstić information content (AvgIpc) is 3.16. The van der Waals surface area contributed by atoms with E-state index in [1.807, 2.05) is 54.6 Å². The van der Waals surface area contributed by atoms with Crippen LogP contribution in [0.2, 0.25) is 0 Å². The summed E-state index contributed by atoms with van der Waals surface area (Å²) in [6.07, 6.45) is 0.960. The van der Waals surface area contributed by atoms with E-state index < -0.39 is 0 Å². The third-order valence-electron chi connectivity index (χ3n) is 9.16. The van der Waals surface area contributed by atoms with Crippen LogP contribution in [0.3, 0.4) is 0 Å². The number of benzene rings is 7. The Morgan fingerprint density at radius 3 is 1.92 bits per heavy atom. The molecule has 0 aromatic heterocycles. The van der Waals surface area contributed by atoms with Gasteiger partial charge in [0.1, 0.15) is 5.75 Å². The number of para-hydroxylation sites is 1. The molecule has 0 N–H and O–H groups in total. The van der Waals surface area contributed by atoms with Gasteiger partial charge in [-0.2, -0.15) is 0 Å². The van der Waals surface area contributed by atoms with Crippen molar-refractivity contribution >= 4 is 33.8 Å². The molecule has 0 amide bonds. The molecule has 0 saturated heterocycles. The van der Waals surface area contributed by atoms with Gasteiger partial charge in [0.05, 0.1) is 11.3 Å². The molecule has 0 spiro atoms. The number of rotatable bonds is 9. The van der Waals surface area contributed by atoms with Gasteiger partial charge in [0.2, 0.25) is 0 Å². The SMILES string of the molecule is CCc1ccc(C(C)C)cc1-c1ccc(OC(=O)c2ccc(-c3ccc(N(c4ccccc4)c4cccc5ccccc45)cc3)cc2)cc1. The molecule has 49 heavy (non-hydrogen) atoms. The summed E-state index contributed by atoms with van der Waals surface area (Å²) in [5.74, 6) is 0.612. The highest BCUT2D eigenvalue weighted by atomic mass is 16.5. The summed E-state index contributed by atoms with van der Waals surface area (Å²) in [5.41, 5.74) is 10.9. The van der Waals surface area contributed by atoms with E-state index in [1.54, 1.807) is 0 Å². The van der Waals surface area contributed by atoms with Crippen LogP contribution in [0.15, 0.2) is 164 Å². The van der Waals surface area contributed by atoms with Crippen LogP contribution >= 0.6 is 0 Å². The lowest BCUT2D eigenvalue weighted by molar-refractivity contribution is 0.0735. The number of aryl methyl sites for hydroxylation is 1. The van der Waals surface area contributed by atoms with E-state index in [2.05, 4.69) is 135 Å². The number of fused-ring (bicyclic) bond motifs is 1. The van der Waals surface area contributed by atoms with Crippen LogP contribution in [0, 0.1) is 0 Å². The minimum Gasteiger partial charge on any atom is -0.423 e. The molecule has 240 valence electrons. The van der Waals surface area contributed by atoms with Gasteiger partial charge in [-0.05, 0) is 106 Å². The molecule has 0 radical (unpaired) electrons. The topological polar surface area (TPSA) is 29.5 Å². The second-order valence-corrected chi connectivity index (χ2v) is 12.6. The van der Waals surface area contributed by atoms with Crippen LogP contribution in [-0.2, 0) is 6.42 Å². The lowest BCUT2D eigenvalue weighted by Gasteiger charge is -2.27. The lowest BCUT2D eigenvalue weighted by Crippen LogP contribution is -2.10. The van der Waals surface area contributed by atoms with Crippen molar-refractivity contribution in [1.82, 2.24) is 0 Å². The van der Waals surface area contributed by atoms with Crippen LogP contribution in [0.5, 0.6) is 5.75 Å². The molecule has 7 rings (SSSR count). The van der Waals surface area contributed by atoms with Gasteiger partial charge >= 0.3 is 5.97 Å². The maximum absolute atomic E-state index is 13.1. The van der Waals surface area contributed by atoms with Crippen molar-refractivity contribution in [2.75, 3.05) is 4.90 Å². The third-order valence-corrected chi connectivity index (χ3v) is 9.16. The van der Waals surface area contributed by atoms with Crippen molar-refractivity contribution < 1.29 is 9.53 Å². The van der Waals surface area contributed by atoms with E-state index in [4.69, 9.17) is 4.74 Å². The lowest BCUT2D eigenvalue weighted by atomic mass is 9.92. The fraction of sp³-hybridized carbons (Fsp3) is 0.109. The van der Waals surface area contributed by atoms with Gasteiger partial charge < -0.3 is 9.64 Å². The number of anilines is 3. The molecule has 0 aliphatic heterocycles. The standard InChI is InChI=1S/C46H39NO2/c1-4-33-17-22-39(32(2)3)31-44(33)37-25-29-42(30-26-37)49-46(48)38-20-18-34(19-21-38)35-23-27-41(28-24-35)47(40-13-6-5-7-14-40)45-16-10-12-36-11-8-9-15-43(36)45/h5-32H,4H2,1-3H3. The van der Waals surface area contributed by atoms with Gasteiger partial charge in [-0.15, -0.1) is 0 Å². The van der Waals surface area contributed by atoms with E-state index >= 15 is 0 Å². The summed E-state index contributed by atoms with van der Waals surface area (Å²) in [4.78, 5) is 15.4. The predicted molar refractivity (Wildman–Crippen MR) is 204 cm³/mol. The molecule has 0 aliphatic carbocycles. The molecule has 3 nitrogen and oxygen atoms in total. The minimum atomic E-state index is -0.376. The molecule has 0 fully saturated rings. The summed E-state index contributed by atoms with van der Waals surface area (Å²) in [5, 5.41) is 2.39. The van der Waals surface area contributed by atoms with Crippen LogP contribution in [0.1, 0.15) is 48.2 Å². The molecular weight excluding hydrogens is 599 g/mol. The predicted octanol–water partition coefficient (Wildman–Crippen LogP) is 12.5. The van der Waals surface area contributed by atoms with Crippen molar-refractivity contribution in [3.05, 3.63) is 180 Å². The van der Waals surface area contributed by atoms with Crippen molar-refractivity contribution in [1.29, 1.82) is 0 Å². The summed E-state index contributed by atoms with van der Waals surface area (Å²) >= 11 is 0. The Kier molecular flexibility index (Phi) is 9.08. The maximum atomic E-state index is 13.1. The Hall–Kier alpha value is -5.93. The van der Waals surface area contributed by atoms with Crippen LogP contribution in [0.4, 0.5) is 17.1 Å². The first-order chi connectivity index (χ1) is 24.0. The second kappa shape index (κ2) is 14.0. The quantitative estimate of drug-likeness (QED) is 0.116. The molecule has 0 saturated carbocycles. The second-order valence-electron chi connectivity index (χ2n) is 12.6. The smallest absolute Gasteiger partial charge is 0.343 e. The van der Waals surface area contributed by atoms with Gasteiger partial charge in [-0.1, -0.05) is 130 Å². The van der Waals surface area contributed by atoms with Gasteiger partial charge in [-0.3, -0.25) is 0 Å². The zero-order valence-corrected chi connectivity index (χ0v) is 28.1. The Morgan fingerprint density at radius 2 is 1.22 bits per heavy atom. The summed E-state index contributed by atoms with van der Waals surface area (Å²) < 4.78 is 5.77. The fourth-order valence-corrected chi connectivity index (χ4v) is 6.41. The van der Waals surface area contributed by atoms with Gasteiger partial charge in [0.25, 0.3) is 0 Å². The molecule has 7 aromatic rings. The van der Waals surface area contributed by atoms with Crippen molar-refractivity contribution in [3.63, 3.8) is 0 Å². The highest BCUT2D eigenvalue weighted by Crippen LogP contribution is 2.39. The molecule has 0 heterocycles. The van der Waals surface area contributed by atoms with Crippen molar-refractivity contribution in [2.24, 2.45) is 0 Å². The number of esters is 1. The monoisotopic (exact) mass is 637 g/mol. The van der Waals surface area contributed by atoms with Crippen molar-refractivity contribution in [3.8, 4) is 28.0 Å². The van der Waals surface area contributed by atoms with E-state index in [0.717, 1.165) is 40.2 Å². The molecular formula is C46H39NO2. The average molecular weight is 638 g/mol. The van der Waals surface area contributed by atoms with Gasteiger partial charge in [0.15, 0.2) is 0 Å². The first-order valence-electron chi connectivity index (χ1n) is 17.0.